The minimum absolute atomic E-state index is 0.501. The molecule has 0 spiro atoms. The van der Waals surface area contributed by atoms with Crippen LogP contribution in [-0.4, -0.2) is 10.2 Å². The van der Waals surface area contributed by atoms with Crippen molar-refractivity contribution in [2.45, 2.75) is 6.92 Å². The van der Waals surface area contributed by atoms with Gasteiger partial charge in [-0.25, -0.2) is 0 Å². The van der Waals surface area contributed by atoms with E-state index in [1.807, 2.05) is 30.3 Å². The fourth-order valence-electron chi connectivity index (χ4n) is 2.29. The van der Waals surface area contributed by atoms with Gasteiger partial charge < -0.3 is 5.73 Å². The summed E-state index contributed by atoms with van der Waals surface area (Å²) in [5.74, 6) is 0.501. The third-order valence-corrected chi connectivity index (χ3v) is 4.54. The Morgan fingerprint density at radius 2 is 1.76 bits per heavy atom. The summed E-state index contributed by atoms with van der Waals surface area (Å²) in [6, 6.07) is 14.3. The molecule has 0 bridgehead atoms. The van der Waals surface area contributed by atoms with Crippen LogP contribution < -0.4 is 5.73 Å². The number of aromatic nitrogens is 2. The summed E-state index contributed by atoms with van der Waals surface area (Å²) in [6.45, 7) is 2.06. The minimum Gasteiger partial charge on any atom is -0.382 e. The number of nitrogens with zero attached hydrogens (tertiary/aromatic N) is 1. The SMILES string of the molecule is Cc1ccc(Br)c(-c2[nH]nc(N)c2-c2ccc(Br)cc2)c1. The van der Waals surface area contributed by atoms with E-state index in [2.05, 4.69) is 61.1 Å². The number of nitrogen functional groups attached to an aromatic ring is 1. The molecule has 5 heteroatoms. The van der Waals surface area contributed by atoms with E-state index in [1.165, 1.54) is 5.56 Å². The number of rotatable bonds is 2. The molecular weight excluding hydrogens is 394 g/mol. The van der Waals surface area contributed by atoms with Crippen molar-refractivity contribution in [3.05, 3.63) is 57.0 Å². The number of H-pyrrole nitrogens is 1. The first-order valence-corrected chi connectivity index (χ1v) is 8.01. The predicted octanol–water partition coefficient (Wildman–Crippen LogP) is 5.16. The van der Waals surface area contributed by atoms with Gasteiger partial charge in [-0.15, -0.1) is 0 Å². The van der Waals surface area contributed by atoms with Gasteiger partial charge in [0.05, 0.1) is 11.3 Å². The fraction of sp³-hybridized carbons (Fsp3) is 0.0625. The smallest absolute Gasteiger partial charge is 0.153 e. The molecule has 0 amide bonds. The molecule has 106 valence electrons. The largest absolute Gasteiger partial charge is 0.382 e. The Morgan fingerprint density at radius 1 is 1.05 bits per heavy atom. The van der Waals surface area contributed by atoms with Gasteiger partial charge in [-0.05, 0) is 36.8 Å². The van der Waals surface area contributed by atoms with Gasteiger partial charge in [-0.3, -0.25) is 5.10 Å². The van der Waals surface area contributed by atoms with Gasteiger partial charge in [-0.2, -0.15) is 5.10 Å². The van der Waals surface area contributed by atoms with Crippen molar-refractivity contribution in [3.8, 4) is 22.4 Å². The molecule has 3 N–H and O–H groups in total. The Labute approximate surface area is 139 Å². The van der Waals surface area contributed by atoms with E-state index < -0.39 is 0 Å². The second kappa shape index (κ2) is 5.66. The van der Waals surface area contributed by atoms with Gasteiger partial charge in [0.15, 0.2) is 5.82 Å². The second-order valence-electron chi connectivity index (χ2n) is 4.85. The van der Waals surface area contributed by atoms with Crippen molar-refractivity contribution >= 4 is 37.7 Å². The molecule has 3 nitrogen and oxygen atoms in total. The van der Waals surface area contributed by atoms with E-state index in [4.69, 9.17) is 5.73 Å². The van der Waals surface area contributed by atoms with E-state index in [0.717, 1.165) is 31.3 Å². The predicted molar refractivity (Wildman–Crippen MR) is 94.0 cm³/mol. The molecule has 1 heterocycles. The first-order valence-electron chi connectivity index (χ1n) is 6.42. The van der Waals surface area contributed by atoms with Crippen LogP contribution in [-0.2, 0) is 0 Å². The monoisotopic (exact) mass is 405 g/mol. The van der Waals surface area contributed by atoms with Crippen LogP contribution in [0.25, 0.3) is 22.4 Å². The van der Waals surface area contributed by atoms with Crippen LogP contribution in [0.2, 0.25) is 0 Å². The molecular formula is C16H13Br2N3. The van der Waals surface area contributed by atoms with Gasteiger partial charge in [0.1, 0.15) is 0 Å². The highest BCUT2D eigenvalue weighted by molar-refractivity contribution is 9.10. The number of hydrogen-bond donors (Lipinski definition) is 2. The maximum absolute atomic E-state index is 6.07. The summed E-state index contributed by atoms with van der Waals surface area (Å²) in [5, 5.41) is 7.24. The Morgan fingerprint density at radius 3 is 2.48 bits per heavy atom. The van der Waals surface area contributed by atoms with Crippen LogP contribution in [0.3, 0.4) is 0 Å². The number of anilines is 1. The number of aryl methyl sites for hydroxylation is 1. The number of nitrogens with one attached hydrogen (secondary N) is 1. The summed E-state index contributed by atoms with van der Waals surface area (Å²) in [4.78, 5) is 0. The Hall–Kier alpha value is -1.59. The van der Waals surface area contributed by atoms with Crippen LogP contribution >= 0.6 is 31.9 Å². The first-order chi connectivity index (χ1) is 10.1. The third kappa shape index (κ3) is 2.76. The summed E-state index contributed by atoms with van der Waals surface area (Å²) in [6.07, 6.45) is 0. The molecule has 0 saturated heterocycles. The maximum atomic E-state index is 6.07. The first kappa shape index (κ1) is 14.4. The summed E-state index contributed by atoms with van der Waals surface area (Å²) >= 11 is 7.05. The highest BCUT2D eigenvalue weighted by Gasteiger charge is 2.16. The molecule has 3 aromatic rings. The fourth-order valence-corrected chi connectivity index (χ4v) is 3.00. The lowest BCUT2D eigenvalue weighted by Gasteiger charge is -2.08. The van der Waals surface area contributed by atoms with E-state index >= 15 is 0 Å². The molecule has 3 rings (SSSR count). The van der Waals surface area contributed by atoms with Gasteiger partial charge in [-0.1, -0.05) is 55.6 Å². The summed E-state index contributed by atoms with van der Waals surface area (Å²) < 4.78 is 2.04. The quantitative estimate of drug-likeness (QED) is 0.617. The van der Waals surface area contributed by atoms with Crippen molar-refractivity contribution in [2.75, 3.05) is 5.73 Å². The lowest BCUT2D eigenvalue weighted by molar-refractivity contribution is 1.10. The standard InChI is InChI=1S/C16H13Br2N3/c1-9-2-7-13(18)12(8-9)15-14(16(19)21-20-15)10-3-5-11(17)6-4-10/h2-8H,1H3,(H3,19,20,21). The second-order valence-corrected chi connectivity index (χ2v) is 6.62. The van der Waals surface area contributed by atoms with E-state index in [9.17, 15) is 0 Å². The number of aromatic amines is 1. The van der Waals surface area contributed by atoms with Crippen LogP contribution in [0, 0.1) is 6.92 Å². The molecule has 0 aliphatic heterocycles. The number of nitrogens with two attached hydrogens (primary N) is 1. The number of benzene rings is 2. The van der Waals surface area contributed by atoms with Crippen molar-refractivity contribution < 1.29 is 0 Å². The lowest BCUT2D eigenvalue weighted by atomic mass is 10.00. The average Bonchev–Trinajstić information content (AvgIpc) is 2.84. The Balaban J connectivity index is 2.21. The number of hydrogen-bond acceptors (Lipinski definition) is 2. The van der Waals surface area contributed by atoms with Crippen LogP contribution in [0.5, 0.6) is 0 Å². The topological polar surface area (TPSA) is 54.7 Å². The molecule has 0 radical (unpaired) electrons. The van der Waals surface area contributed by atoms with Gasteiger partial charge >= 0.3 is 0 Å². The molecule has 1 aromatic heterocycles. The van der Waals surface area contributed by atoms with Gasteiger partial charge in [0, 0.05) is 14.5 Å². The zero-order valence-electron chi connectivity index (χ0n) is 11.3. The van der Waals surface area contributed by atoms with Gasteiger partial charge in [0.25, 0.3) is 0 Å². The molecule has 0 atom stereocenters. The van der Waals surface area contributed by atoms with Crippen LogP contribution in [0.4, 0.5) is 5.82 Å². The third-order valence-electron chi connectivity index (χ3n) is 3.32. The highest BCUT2D eigenvalue weighted by Crippen LogP contribution is 2.38. The van der Waals surface area contributed by atoms with Crippen molar-refractivity contribution in [1.29, 1.82) is 0 Å². The van der Waals surface area contributed by atoms with E-state index in [0.29, 0.717) is 5.82 Å². The van der Waals surface area contributed by atoms with Crippen molar-refractivity contribution in [3.63, 3.8) is 0 Å². The molecule has 21 heavy (non-hydrogen) atoms. The maximum Gasteiger partial charge on any atom is 0.153 e. The molecule has 0 aliphatic carbocycles. The van der Waals surface area contributed by atoms with Crippen molar-refractivity contribution in [1.82, 2.24) is 10.2 Å². The van der Waals surface area contributed by atoms with E-state index in [1.54, 1.807) is 0 Å². The zero-order valence-corrected chi connectivity index (χ0v) is 14.5. The molecule has 0 aliphatic rings. The normalized spacial score (nSPS) is 10.8. The Kier molecular flexibility index (Phi) is 3.87. The van der Waals surface area contributed by atoms with Crippen molar-refractivity contribution in [2.24, 2.45) is 0 Å². The molecule has 0 fully saturated rings. The molecule has 0 unspecified atom stereocenters. The average molecular weight is 407 g/mol. The zero-order chi connectivity index (χ0) is 15.0. The number of halogens is 2. The van der Waals surface area contributed by atoms with Gasteiger partial charge in [0.2, 0.25) is 0 Å². The summed E-state index contributed by atoms with van der Waals surface area (Å²) in [5.41, 5.74) is 11.2. The molecule has 0 saturated carbocycles. The van der Waals surface area contributed by atoms with Crippen LogP contribution in [0.1, 0.15) is 5.56 Å². The minimum atomic E-state index is 0.501. The summed E-state index contributed by atoms with van der Waals surface area (Å²) in [7, 11) is 0. The molecule has 2 aromatic carbocycles. The lowest BCUT2D eigenvalue weighted by Crippen LogP contribution is -1.89. The van der Waals surface area contributed by atoms with Crippen LogP contribution in [0.15, 0.2) is 51.4 Å². The highest BCUT2D eigenvalue weighted by atomic mass is 79.9. The Bertz CT molecular complexity index is 792. The van der Waals surface area contributed by atoms with E-state index in [-0.39, 0.29) is 0 Å².